The topological polar surface area (TPSA) is 46.8 Å². The first kappa shape index (κ1) is 15.8. The van der Waals surface area contributed by atoms with Crippen molar-refractivity contribution < 1.29 is 9.15 Å². The number of ether oxygens (including phenoxy) is 1. The van der Waals surface area contributed by atoms with Gasteiger partial charge < -0.3 is 14.5 Å². The Morgan fingerprint density at radius 3 is 2.74 bits per heavy atom. The summed E-state index contributed by atoms with van der Waals surface area (Å²) in [4.78, 5) is 4.76. The smallest absolute Gasteiger partial charge is 0.168 e. The van der Waals surface area contributed by atoms with Crippen LogP contribution in [0.1, 0.15) is 43.1 Å². The van der Waals surface area contributed by atoms with Gasteiger partial charge >= 0.3 is 0 Å². The lowest BCUT2D eigenvalue weighted by atomic mass is 10.1. The van der Waals surface area contributed by atoms with Crippen molar-refractivity contribution >= 4 is 5.84 Å². The fourth-order valence-corrected chi connectivity index (χ4v) is 2.37. The third-order valence-electron chi connectivity index (χ3n) is 3.80. The molecule has 0 spiro atoms. The van der Waals surface area contributed by atoms with Crippen molar-refractivity contribution in [1.29, 1.82) is 0 Å². The van der Waals surface area contributed by atoms with Crippen molar-refractivity contribution in [2.45, 2.75) is 45.4 Å². The molecular formula is C19H24N2O2. The number of nitrogens with zero attached hydrogens (tertiary/aromatic N) is 1. The molecule has 0 aliphatic heterocycles. The zero-order valence-electron chi connectivity index (χ0n) is 13.6. The van der Waals surface area contributed by atoms with Gasteiger partial charge in [-0.05, 0) is 42.5 Å². The van der Waals surface area contributed by atoms with E-state index in [2.05, 4.69) is 30.4 Å². The van der Waals surface area contributed by atoms with Crippen molar-refractivity contribution in [3.63, 3.8) is 0 Å². The molecule has 0 unspecified atom stereocenters. The molecule has 1 saturated carbocycles. The number of nitrogens with one attached hydrogen (secondary N) is 1. The van der Waals surface area contributed by atoms with Gasteiger partial charge in [0.15, 0.2) is 11.6 Å². The van der Waals surface area contributed by atoms with Crippen LogP contribution in [0.15, 0.2) is 52.1 Å². The summed E-state index contributed by atoms with van der Waals surface area (Å²) in [7, 11) is 0. The van der Waals surface area contributed by atoms with Gasteiger partial charge in [0, 0.05) is 12.6 Å². The van der Waals surface area contributed by atoms with Crippen LogP contribution >= 0.6 is 0 Å². The van der Waals surface area contributed by atoms with Crippen molar-refractivity contribution in [1.82, 2.24) is 5.32 Å². The Kier molecular flexibility index (Phi) is 5.48. The maximum Gasteiger partial charge on any atom is 0.168 e. The highest BCUT2D eigenvalue weighted by atomic mass is 16.5. The zero-order valence-corrected chi connectivity index (χ0v) is 13.6. The third kappa shape index (κ3) is 4.70. The van der Waals surface area contributed by atoms with Crippen LogP contribution in [0.2, 0.25) is 0 Å². The van der Waals surface area contributed by atoms with Crippen molar-refractivity contribution in [2.75, 3.05) is 6.61 Å². The fraction of sp³-hybridized carbons (Fsp3) is 0.421. The monoisotopic (exact) mass is 312 g/mol. The molecule has 2 aromatic rings. The Hall–Kier alpha value is -2.07. The highest BCUT2D eigenvalue weighted by molar-refractivity contribution is 5.96. The maximum atomic E-state index is 5.68. The molecule has 1 aromatic heterocycles. The lowest BCUT2D eigenvalue weighted by Gasteiger charge is -2.10. The molecule has 4 nitrogen and oxygen atoms in total. The minimum Gasteiger partial charge on any atom is -0.461 e. The van der Waals surface area contributed by atoms with E-state index in [0.717, 1.165) is 24.6 Å². The quantitative estimate of drug-likeness (QED) is 0.457. The summed E-state index contributed by atoms with van der Waals surface area (Å²) in [6, 6.07) is 12.7. The van der Waals surface area contributed by atoms with Crippen LogP contribution in [-0.4, -0.2) is 18.5 Å². The van der Waals surface area contributed by atoms with Gasteiger partial charge in [-0.15, -0.1) is 0 Å². The average molecular weight is 312 g/mol. The Morgan fingerprint density at radius 2 is 2.04 bits per heavy atom. The van der Waals surface area contributed by atoms with E-state index in [1.54, 1.807) is 6.26 Å². The first-order valence-corrected chi connectivity index (χ1v) is 8.36. The van der Waals surface area contributed by atoms with Crippen LogP contribution in [0.4, 0.5) is 0 Å². The summed E-state index contributed by atoms with van der Waals surface area (Å²) in [6.07, 6.45) is 5.14. The molecule has 1 aliphatic rings. The Balaban J connectivity index is 1.71. The first-order chi connectivity index (χ1) is 11.4. The average Bonchev–Trinajstić information content (AvgIpc) is 3.23. The lowest BCUT2D eigenvalue weighted by Crippen LogP contribution is -2.26. The van der Waals surface area contributed by atoms with E-state index in [1.165, 1.54) is 24.0 Å². The molecule has 1 aromatic carbocycles. The summed E-state index contributed by atoms with van der Waals surface area (Å²) in [5.41, 5.74) is 2.40. The molecule has 0 saturated heterocycles. The van der Waals surface area contributed by atoms with Gasteiger partial charge in [0.05, 0.1) is 19.4 Å². The van der Waals surface area contributed by atoms with Crippen LogP contribution in [0.3, 0.4) is 0 Å². The summed E-state index contributed by atoms with van der Waals surface area (Å²) in [6.45, 7) is 4.18. The van der Waals surface area contributed by atoms with Gasteiger partial charge in [0.25, 0.3) is 0 Å². The summed E-state index contributed by atoms with van der Waals surface area (Å²) >= 11 is 0. The normalized spacial score (nSPS) is 14.9. The van der Waals surface area contributed by atoms with Crippen LogP contribution in [0.25, 0.3) is 0 Å². The molecule has 0 amide bonds. The number of furan rings is 1. The Labute approximate surface area is 137 Å². The molecule has 1 aliphatic carbocycles. The predicted octanol–water partition coefficient (Wildman–Crippen LogP) is 3.91. The summed E-state index contributed by atoms with van der Waals surface area (Å²) in [5, 5.41) is 3.46. The molecule has 122 valence electrons. The lowest BCUT2D eigenvalue weighted by molar-refractivity contribution is 0.121. The van der Waals surface area contributed by atoms with Gasteiger partial charge in [-0.1, -0.05) is 31.2 Å². The second-order valence-electron chi connectivity index (χ2n) is 5.88. The van der Waals surface area contributed by atoms with Gasteiger partial charge in [-0.25, -0.2) is 0 Å². The van der Waals surface area contributed by atoms with Gasteiger partial charge in [-0.3, -0.25) is 4.99 Å². The van der Waals surface area contributed by atoms with E-state index in [9.17, 15) is 0 Å². The molecule has 1 heterocycles. The predicted molar refractivity (Wildman–Crippen MR) is 91.5 cm³/mol. The molecule has 0 atom stereocenters. The van der Waals surface area contributed by atoms with E-state index < -0.39 is 0 Å². The molecule has 4 heteroatoms. The van der Waals surface area contributed by atoms with Crippen molar-refractivity contribution in [3.05, 3.63) is 59.5 Å². The number of aliphatic imine (C=N–C) groups is 1. The summed E-state index contributed by atoms with van der Waals surface area (Å²) in [5.74, 6) is 1.65. The molecule has 0 radical (unpaired) electrons. The van der Waals surface area contributed by atoms with E-state index in [0.29, 0.717) is 19.2 Å². The highest BCUT2D eigenvalue weighted by Crippen LogP contribution is 2.20. The SMILES string of the molecule is CCCOCc1ccccc1CN=C(NC1CC1)c1ccco1. The van der Waals surface area contributed by atoms with Crippen LogP contribution < -0.4 is 5.32 Å². The molecule has 1 N–H and O–H groups in total. The number of hydrogen-bond acceptors (Lipinski definition) is 3. The number of benzene rings is 1. The minimum absolute atomic E-state index is 0.544. The Morgan fingerprint density at radius 1 is 1.22 bits per heavy atom. The van der Waals surface area contributed by atoms with E-state index in [1.807, 2.05) is 18.2 Å². The van der Waals surface area contributed by atoms with Crippen molar-refractivity contribution in [2.24, 2.45) is 4.99 Å². The van der Waals surface area contributed by atoms with E-state index in [4.69, 9.17) is 14.1 Å². The molecule has 23 heavy (non-hydrogen) atoms. The number of amidine groups is 1. The highest BCUT2D eigenvalue weighted by Gasteiger charge is 2.23. The van der Waals surface area contributed by atoms with Crippen LogP contribution in [0, 0.1) is 0 Å². The maximum absolute atomic E-state index is 5.68. The van der Waals surface area contributed by atoms with Crippen LogP contribution in [-0.2, 0) is 17.9 Å². The first-order valence-electron chi connectivity index (χ1n) is 8.36. The number of rotatable bonds is 8. The number of hydrogen-bond donors (Lipinski definition) is 1. The van der Waals surface area contributed by atoms with Crippen LogP contribution in [0.5, 0.6) is 0 Å². The second-order valence-corrected chi connectivity index (χ2v) is 5.88. The molecule has 0 bridgehead atoms. The van der Waals surface area contributed by atoms with Gasteiger partial charge in [-0.2, -0.15) is 0 Å². The Bertz CT molecular complexity index is 631. The molecular weight excluding hydrogens is 288 g/mol. The van der Waals surface area contributed by atoms with E-state index >= 15 is 0 Å². The van der Waals surface area contributed by atoms with Gasteiger partial charge in [0.2, 0.25) is 0 Å². The van der Waals surface area contributed by atoms with Crippen molar-refractivity contribution in [3.8, 4) is 0 Å². The largest absolute Gasteiger partial charge is 0.461 e. The minimum atomic E-state index is 0.544. The molecule has 3 rings (SSSR count). The fourth-order valence-electron chi connectivity index (χ4n) is 2.37. The standard InChI is InChI=1S/C19H24N2O2/c1-2-11-22-14-16-7-4-3-6-15(16)13-20-19(21-17-9-10-17)18-8-5-12-23-18/h3-8,12,17H,2,9-11,13-14H2,1H3,(H,20,21). The van der Waals surface area contributed by atoms with Gasteiger partial charge in [0.1, 0.15) is 0 Å². The molecule has 1 fully saturated rings. The zero-order chi connectivity index (χ0) is 15.9. The summed E-state index contributed by atoms with van der Waals surface area (Å²) < 4.78 is 11.2. The van der Waals surface area contributed by atoms with E-state index in [-0.39, 0.29) is 0 Å². The second kappa shape index (κ2) is 7.97. The third-order valence-corrected chi connectivity index (χ3v) is 3.80.